The van der Waals surface area contributed by atoms with Gasteiger partial charge in [0.15, 0.2) is 11.5 Å². The molecule has 0 saturated carbocycles. The van der Waals surface area contributed by atoms with Gasteiger partial charge in [-0.15, -0.1) is 0 Å². The van der Waals surface area contributed by atoms with Crippen LogP contribution < -0.4 is 14.8 Å². The number of benzene rings is 1. The zero-order valence-electron chi connectivity index (χ0n) is 13.9. The molecule has 3 rings (SSSR count). The van der Waals surface area contributed by atoms with Gasteiger partial charge in [-0.3, -0.25) is 9.59 Å². The maximum Gasteiger partial charge on any atom is 0.231 e. The third-order valence-corrected chi connectivity index (χ3v) is 4.25. The molecule has 2 aliphatic heterocycles. The Hall–Kier alpha value is -2.28. The van der Waals surface area contributed by atoms with Gasteiger partial charge in [0.1, 0.15) is 0 Å². The molecule has 130 valence electrons. The summed E-state index contributed by atoms with van der Waals surface area (Å²) in [5.74, 6) is 0.746. The smallest absolute Gasteiger partial charge is 0.231 e. The van der Waals surface area contributed by atoms with Gasteiger partial charge in [-0.1, -0.05) is 6.07 Å². The lowest BCUT2D eigenvalue weighted by atomic mass is 10.0. The molecular weight excluding hydrogens is 312 g/mol. The van der Waals surface area contributed by atoms with Crippen LogP contribution >= 0.6 is 0 Å². The molecule has 0 aromatic heterocycles. The van der Waals surface area contributed by atoms with Gasteiger partial charge in [-0.25, -0.2) is 0 Å². The average molecular weight is 334 g/mol. The Morgan fingerprint density at radius 2 is 2.12 bits per heavy atom. The summed E-state index contributed by atoms with van der Waals surface area (Å²) in [7, 11) is 0. The standard InChI is InChI=1S/C17H22N2O5/c1-17(2,9-20)18-16(22)12-6-15(21)19(8-12)7-11-3-4-13-14(5-11)24-10-23-13/h3-5,12,20H,6-10H2,1-2H3,(H,18,22). The van der Waals surface area contributed by atoms with E-state index < -0.39 is 11.5 Å². The zero-order valence-corrected chi connectivity index (χ0v) is 13.9. The lowest BCUT2D eigenvalue weighted by molar-refractivity contribution is -0.129. The van der Waals surface area contributed by atoms with Gasteiger partial charge in [-0.05, 0) is 31.5 Å². The molecule has 0 spiro atoms. The third-order valence-electron chi connectivity index (χ3n) is 4.25. The van der Waals surface area contributed by atoms with Crippen LogP contribution in [0.3, 0.4) is 0 Å². The van der Waals surface area contributed by atoms with Crippen molar-refractivity contribution in [3.63, 3.8) is 0 Å². The number of aliphatic hydroxyl groups is 1. The van der Waals surface area contributed by atoms with E-state index >= 15 is 0 Å². The summed E-state index contributed by atoms with van der Waals surface area (Å²) in [4.78, 5) is 26.2. The quantitative estimate of drug-likeness (QED) is 0.825. The van der Waals surface area contributed by atoms with Crippen molar-refractivity contribution in [2.45, 2.75) is 32.4 Å². The molecule has 7 heteroatoms. The highest BCUT2D eigenvalue weighted by Gasteiger charge is 2.36. The number of amides is 2. The van der Waals surface area contributed by atoms with Gasteiger partial charge in [0.2, 0.25) is 18.6 Å². The van der Waals surface area contributed by atoms with Crippen molar-refractivity contribution in [2.75, 3.05) is 19.9 Å². The molecule has 1 unspecified atom stereocenters. The molecule has 1 aromatic carbocycles. The van der Waals surface area contributed by atoms with Gasteiger partial charge < -0.3 is 24.8 Å². The Bertz CT molecular complexity index is 658. The first-order valence-electron chi connectivity index (χ1n) is 7.97. The lowest BCUT2D eigenvalue weighted by Gasteiger charge is -2.25. The van der Waals surface area contributed by atoms with Crippen LogP contribution in [0.15, 0.2) is 18.2 Å². The van der Waals surface area contributed by atoms with E-state index in [1.54, 1.807) is 18.7 Å². The number of fused-ring (bicyclic) bond motifs is 1. The first-order chi connectivity index (χ1) is 11.4. The Morgan fingerprint density at radius 1 is 1.38 bits per heavy atom. The molecule has 2 amide bonds. The van der Waals surface area contributed by atoms with Gasteiger partial charge in [0.25, 0.3) is 0 Å². The second-order valence-electron chi connectivity index (χ2n) is 6.89. The van der Waals surface area contributed by atoms with Crippen LogP contribution in [0, 0.1) is 5.92 Å². The summed E-state index contributed by atoms with van der Waals surface area (Å²) >= 11 is 0. The van der Waals surface area contributed by atoms with E-state index in [4.69, 9.17) is 9.47 Å². The van der Waals surface area contributed by atoms with Gasteiger partial charge in [-0.2, -0.15) is 0 Å². The molecule has 24 heavy (non-hydrogen) atoms. The number of carbonyl (C=O) groups is 2. The summed E-state index contributed by atoms with van der Waals surface area (Å²) < 4.78 is 10.6. The Morgan fingerprint density at radius 3 is 2.88 bits per heavy atom. The van der Waals surface area contributed by atoms with E-state index in [0.29, 0.717) is 24.6 Å². The number of hydrogen-bond acceptors (Lipinski definition) is 5. The van der Waals surface area contributed by atoms with Crippen LogP contribution in [0.5, 0.6) is 11.5 Å². The highest BCUT2D eigenvalue weighted by atomic mass is 16.7. The normalized spacial score (nSPS) is 19.7. The number of ether oxygens (including phenoxy) is 2. The van der Waals surface area contributed by atoms with Gasteiger partial charge in [0, 0.05) is 19.5 Å². The number of rotatable bonds is 5. The van der Waals surface area contributed by atoms with Gasteiger partial charge in [0.05, 0.1) is 18.1 Å². The highest BCUT2D eigenvalue weighted by molar-refractivity contribution is 5.89. The maximum atomic E-state index is 12.3. The van der Waals surface area contributed by atoms with Crippen molar-refractivity contribution < 1.29 is 24.2 Å². The molecule has 0 radical (unpaired) electrons. The monoisotopic (exact) mass is 334 g/mol. The maximum absolute atomic E-state index is 12.3. The largest absolute Gasteiger partial charge is 0.454 e. The fourth-order valence-corrected chi connectivity index (χ4v) is 2.84. The van der Waals surface area contributed by atoms with Crippen molar-refractivity contribution in [1.82, 2.24) is 10.2 Å². The molecule has 2 N–H and O–H groups in total. The third kappa shape index (κ3) is 3.46. The van der Waals surface area contributed by atoms with Crippen molar-refractivity contribution in [3.05, 3.63) is 23.8 Å². The summed E-state index contributed by atoms with van der Waals surface area (Å²) in [5.41, 5.74) is 0.245. The molecule has 2 aliphatic rings. The Balaban J connectivity index is 1.62. The number of nitrogens with one attached hydrogen (secondary N) is 1. The highest BCUT2D eigenvalue weighted by Crippen LogP contribution is 2.33. The van der Waals surface area contributed by atoms with Crippen molar-refractivity contribution in [3.8, 4) is 11.5 Å². The van der Waals surface area contributed by atoms with Gasteiger partial charge >= 0.3 is 0 Å². The molecule has 7 nitrogen and oxygen atoms in total. The van der Waals surface area contributed by atoms with Crippen molar-refractivity contribution in [2.24, 2.45) is 5.92 Å². The minimum Gasteiger partial charge on any atom is -0.454 e. The summed E-state index contributed by atoms with van der Waals surface area (Å²) in [6.07, 6.45) is 0.192. The molecule has 0 aliphatic carbocycles. The lowest BCUT2D eigenvalue weighted by Crippen LogP contribution is -2.49. The minimum atomic E-state index is -0.690. The average Bonchev–Trinajstić information content (AvgIpc) is 3.14. The number of carbonyl (C=O) groups excluding carboxylic acids is 2. The Kier molecular flexibility index (Phi) is 4.36. The number of nitrogens with zero attached hydrogens (tertiary/aromatic N) is 1. The summed E-state index contributed by atoms with van der Waals surface area (Å²) in [6.45, 7) is 4.35. The summed E-state index contributed by atoms with van der Waals surface area (Å²) in [6, 6.07) is 5.58. The number of aliphatic hydroxyl groups excluding tert-OH is 1. The van der Waals surface area contributed by atoms with E-state index in [1.165, 1.54) is 0 Å². The summed E-state index contributed by atoms with van der Waals surface area (Å²) in [5, 5.41) is 12.0. The van der Waals surface area contributed by atoms with Crippen molar-refractivity contribution in [1.29, 1.82) is 0 Å². The Labute approximate surface area is 140 Å². The van der Waals surface area contributed by atoms with Crippen LogP contribution in [0.4, 0.5) is 0 Å². The van der Waals surface area contributed by atoms with Crippen LogP contribution in [-0.2, 0) is 16.1 Å². The SMILES string of the molecule is CC(C)(CO)NC(=O)C1CC(=O)N(Cc2ccc3c(c2)OCO3)C1. The predicted octanol–water partition coefficient (Wildman–Crippen LogP) is 0.651. The number of hydrogen-bond donors (Lipinski definition) is 2. The molecule has 2 heterocycles. The molecule has 1 aromatic rings. The van der Waals surface area contributed by atoms with Crippen LogP contribution in [0.25, 0.3) is 0 Å². The predicted molar refractivity (Wildman–Crippen MR) is 85.4 cm³/mol. The van der Waals surface area contributed by atoms with Crippen molar-refractivity contribution >= 4 is 11.8 Å². The molecule has 0 bridgehead atoms. The molecule has 1 saturated heterocycles. The first-order valence-corrected chi connectivity index (χ1v) is 7.97. The zero-order chi connectivity index (χ0) is 17.3. The van der Waals surface area contributed by atoms with E-state index in [9.17, 15) is 14.7 Å². The number of likely N-dealkylation sites (tertiary alicyclic amines) is 1. The minimum absolute atomic E-state index is 0.0466. The van der Waals surface area contributed by atoms with Crippen LogP contribution in [0.1, 0.15) is 25.8 Å². The fraction of sp³-hybridized carbons (Fsp3) is 0.529. The topological polar surface area (TPSA) is 88.1 Å². The second-order valence-corrected chi connectivity index (χ2v) is 6.89. The first kappa shape index (κ1) is 16.6. The van der Waals surface area contributed by atoms with E-state index in [2.05, 4.69) is 5.32 Å². The molecular formula is C17H22N2O5. The second kappa shape index (κ2) is 6.32. The molecule has 1 fully saturated rings. The van der Waals surface area contributed by atoms with Crippen LogP contribution in [-0.4, -0.2) is 47.3 Å². The van der Waals surface area contributed by atoms with Crippen LogP contribution in [0.2, 0.25) is 0 Å². The molecule has 1 atom stereocenters. The fourth-order valence-electron chi connectivity index (χ4n) is 2.84. The van der Waals surface area contributed by atoms with E-state index in [-0.39, 0.29) is 31.6 Å². The van der Waals surface area contributed by atoms with E-state index in [0.717, 1.165) is 5.56 Å². The van der Waals surface area contributed by atoms with E-state index in [1.807, 2.05) is 18.2 Å².